The Bertz CT molecular complexity index is 940. The average Bonchev–Trinajstić information content (AvgIpc) is 3.33. The van der Waals surface area contributed by atoms with Gasteiger partial charge in [0.15, 0.2) is 0 Å². The van der Waals surface area contributed by atoms with Gasteiger partial charge in [-0.25, -0.2) is 8.42 Å². The van der Waals surface area contributed by atoms with E-state index < -0.39 is 10.0 Å². The van der Waals surface area contributed by atoms with E-state index in [0.29, 0.717) is 19.4 Å². The van der Waals surface area contributed by atoms with Crippen LogP contribution in [-0.2, 0) is 26.0 Å². The zero-order valence-corrected chi connectivity index (χ0v) is 18.6. The van der Waals surface area contributed by atoms with Crippen molar-refractivity contribution in [2.45, 2.75) is 75.8 Å². The van der Waals surface area contributed by atoms with Crippen molar-refractivity contribution < 1.29 is 18.0 Å². The molecule has 0 radical (unpaired) electrons. The molecule has 1 saturated heterocycles. The quantitative estimate of drug-likeness (QED) is 0.790. The highest BCUT2D eigenvalue weighted by Gasteiger charge is 2.36. The largest absolute Gasteiger partial charge is 0.353 e. The lowest BCUT2D eigenvalue weighted by molar-refractivity contribution is -0.126. The van der Waals surface area contributed by atoms with Crippen molar-refractivity contribution >= 4 is 27.5 Å². The molecule has 0 spiro atoms. The standard InChI is InChI=1S/C22H31N3O4S/c1-15-12-18-13-20(9-10-21(18)25(15)16(2)26)30(28,29)24-11-5-6-17(14-24)22(27)23-19-7-3-4-8-19/h9-10,13,15,17,19H,3-8,11-12,14H2,1-2H3,(H,23,27). The molecule has 2 aliphatic heterocycles. The zero-order chi connectivity index (χ0) is 21.5. The van der Waals surface area contributed by atoms with Crippen molar-refractivity contribution in [1.29, 1.82) is 0 Å². The molecular weight excluding hydrogens is 402 g/mol. The summed E-state index contributed by atoms with van der Waals surface area (Å²) in [5.74, 6) is -0.345. The monoisotopic (exact) mass is 433 g/mol. The first-order valence-corrected chi connectivity index (χ1v) is 12.4. The molecule has 2 atom stereocenters. The van der Waals surface area contributed by atoms with Crippen molar-refractivity contribution in [2.75, 3.05) is 18.0 Å². The highest BCUT2D eigenvalue weighted by molar-refractivity contribution is 7.89. The van der Waals surface area contributed by atoms with Crippen LogP contribution in [0, 0.1) is 5.92 Å². The number of fused-ring (bicyclic) bond motifs is 1. The summed E-state index contributed by atoms with van der Waals surface area (Å²) in [6.45, 7) is 4.16. The lowest BCUT2D eigenvalue weighted by atomic mass is 9.98. The van der Waals surface area contributed by atoms with E-state index in [1.165, 1.54) is 11.2 Å². The Hall–Kier alpha value is -1.93. The first-order chi connectivity index (χ1) is 14.3. The summed E-state index contributed by atoms with van der Waals surface area (Å²) in [5, 5.41) is 3.12. The van der Waals surface area contributed by atoms with Crippen LogP contribution in [0.25, 0.3) is 0 Å². The summed E-state index contributed by atoms with van der Waals surface area (Å²) >= 11 is 0. The van der Waals surface area contributed by atoms with Gasteiger partial charge in [0.05, 0.1) is 10.8 Å². The number of anilines is 1. The fourth-order valence-electron chi connectivity index (χ4n) is 5.16. The molecule has 1 aromatic carbocycles. The number of carbonyl (C=O) groups excluding carboxylic acids is 2. The summed E-state index contributed by atoms with van der Waals surface area (Å²) in [4.78, 5) is 26.6. The number of amides is 2. The molecular formula is C22H31N3O4S. The van der Waals surface area contributed by atoms with E-state index in [0.717, 1.165) is 43.4 Å². The molecule has 2 unspecified atom stereocenters. The third-order valence-corrected chi connectivity index (χ3v) is 8.56. The van der Waals surface area contributed by atoms with Crippen molar-refractivity contribution in [3.8, 4) is 0 Å². The van der Waals surface area contributed by atoms with E-state index in [4.69, 9.17) is 0 Å². The van der Waals surface area contributed by atoms with Crippen molar-refractivity contribution in [2.24, 2.45) is 5.92 Å². The first kappa shape index (κ1) is 21.3. The molecule has 1 aromatic rings. The molecule has 164 valence electrons. The third-order valence-electron chi connectivity index (χ3n) is 6.70. The van der Waals surface area contributed by atoms with E-state index in [1.807, 2.05) is 6.92 Å². The van der Waals surface area contributed by atoms with E-state index in [9.17, 15) is 18.0 Å². The molecule has 30 heavy (non-hydrogen) atoms. The second kappa shape index (κ2) is 8.30. The molecule has 4 rings (SSSR count). The number of piperidine rings is 1. The summed E-state index contributed by atoms with van der Waals surface area (Å²) < 4.78 is 28.1. The molecule has 2 amide bonds. The molecule has 0 aromatic heterocycles. The Morgan fingerprint density at radius 1 is 1.10 bits per heavy atom. The van der Waals surface area contributed by atoms with E-state index in [2.05, 4.69) is 5.32 Å². The Morgan fingerprint density at radius 3 is 2.53 bits per heavy atom. The van der Waals surface area contributed by atoms with Crippen LogP contribution in [-0.4, -0.2) is 49.7 Å². The maximum Gasteiger partial charge on any atom is 0.243 e. The van der Waals surface area contributed by atoms with Crippen LogP contribution in [0.5, 0.6) is 0 Å². The van der Waals surface area contributed by atoms with Crippen LogP contribution in [0.2, 0.25) is 0 Å². The van der Waals surface area contributed by atoms with Crippen LogP contribution in [0.4, 0.5) is 5.69 Å². The summed E-state index contributed by atoms with van der Waals surface area (Å²) in [5.41, 5.74) is 1.67. The van der Waals surface area contributed by atoms with E-state index >= 15 is 0 Å². The summed E-state index contributed by atoms with van der Waals surface area (Å²) in [6, 6.07) is 5.29. The third kappa shape index (κ3) is 3.99. The number of benzene rings is 1. The van der Waals surface area contributed by atoms with Crippen LogP contribution in [0.3, 0.4) is 0 Å². The van der Waals surface area contributed by atoms with Crippen molar-refractivity contribution in [3.05, 3.63) is 23.8 Å². The van der Waals surface area contributed by atoms with Gasteiger partial charge in [-0.2, -0.15) is 4.31 Å². The van der Waals surface area contributed by atoms with Crippen LogP contribution < -0.4 is 10.2 Å². The topological polar surface area (TPSA) is 86.8 Å². The Labute approximate surface area is 178 Å². The van der Waals surface area contributed by atoms with Gasteiger partial charge in [0, 0.05) is 37.8 Å². The van der Waals surface area contributed by atoms with Gasteiger partial charge in [-0.05, 0) is 62.8 Å². The molecule has 2 fully saturated rings. The fraction of sp³-hybridized carbons (Fsp3) is 0.636. The predicted octanol–water partition coefficient (Wildman–Crippen LogP) is 2.44. The van der Waals surface area contributed by atoms with Gasteiger partial charge in [-0.15, -0.1) is 0 Å². The number of rotatable bonds is 4. The molecule has 0 bridgehead atoms. The van der Waals surface area contributed by atoms with Crippen molar-refractivity contribution in [1.82, 2.24) is 9.62 Å². The highest BCUT2D eigenvalue weighted by Crippen LogP contribution is 2.35. The number of hydrogen-bond donors (Lipinski definition) is 1. The average molecular weight is 434 g/mol. The van der Waals surface area contributed by atoms with Gasteiger partial charge in [0.1, 0.15) is 0 Å². The summed E-state index contributed by atoms with van der Waals surface area (Å²) in [7, 11) is -3.68. The molecule has 1 aliphatic carbocycles. The molecule has 8 heteroatoms. The Balaban J connectivity index is 1.50. The van der Waals surface area contributed by atoms with Gasteiger partial charge >= 0.3 is 0 Å². The minimum atomic E-state index is -3.68. The van der Waals surface area contributed by atoms with Gasteiger partial charge < -0.3 is 10.2 Å². The van der Waals surface area contributed by atoms with Gasteiger partial charge in [-0.1, -0.05) is 12.8 Å². The minimum absolute atomic E-state index is 0.0123. The molecule has 1 N–H and O–H groups in total. The van der Waals surface area contributed by atoms with E-state index in [-0.39, 0.29) is 41.3 Å². The number of nitrogens with one attached hydrogen (secondary N) is 1. The maximum absolute atomic E-state index is 13.3. The number of nitrogens with zero attached hydrogens (tertiary/aromatic N) is 2. The number of carbonyl (C=O) groups is 2. The summed E-state index contributed by atoms with van der Waals surface area (Å²) in [6.07, 6.45) is 6.38. The van der Waals surface area contributed by atoms with Crippen LogP contribution in [0.15, 0.2) is 23.1 Å². The lowest BCUT2D eigenvalue weighted by Gasteiger charge is -2.32. The smallest absolute Gasteiger partial charge is 0.243 e. The minimum Gasteiger partial charge on any atom is -0.353 e. The zero-order valence-electron chi connectivity index (χ0n) is 17.8. The molecule has 2 heterocycles. The SMILES string of the molecule is CC(=O)N1c2ccc(S(=O)(=O)N3CCCC(C(=O)NC4CCCC4)C3)cc2CC1C. The Morgan fingerprint density at radius 2 is 1.83 bits per heavy atom. The molecule has 1 saturated carbocycles. The lowest BCUT2D eigenvalue weighted by Crippen LogP contribution is -2.47. The Kier molecular flexibility index (Phi) is 5.90. The molecule has 3 aliphatic rings. The van der Waals surface area contributed by atoms with Crippen LogP contribution >= 0.6 is 0 Å². The van der Waals surface area contributed by atoms with Crippen molar-refractivity contribution in [3.63, 3.8) is 0 Å². The highest BCUT2D eigenvalue weighted by atomic mass is 32.2. The number of hydrogen-bond acceptors (Lipinski definition) is 4. The normalized spacial score (nSPS) is 25.3. The molecule has 7 nitrogen and oxygen atoms in total. The second-order valence-electron chi connectivity index (χ2n) is 8.92. The fourth-order valence-corrected chi connectivity index (χ4v) is 6.74. The predicted molar refractivity (Wildman–Crippen MR) is 115 cm³/mol. The second-order valence-corrected chi connectivity index (χ2v) is 10.9. The van der Waals surface area contributed by atoms with Gasteiger partial charge in [0.2, 0.25) is 21.8 Å². The van der Waals surface area contributed by atoms with Gasteiger partial charge in [0.25, 0.3) is 0 Å². The van der Waals surface area contributed by atoms with Gasteiger partial charge in [-0.3, -0.25) is 9.59 Å². The maximum atomic E-state index is 13.3. The van der Waals surface area contributed by atoms with E-state index in [1.54, 1.807) is 23.1 Å². The first-order valence-electron chi connectivity index (χ1n) is 11.0. The number of sulfonamides is 1. The van der Waals surface area contributed by atoms with Crippen LogP contribution in [0.1, 0.15) is 57.9 Å².